The van der Waals surface area contributed by atoms with Gasteiger partial charge in [0.1, 0.15) is 5.82 Å². The Labute approximate surface area is 127 Å². The summed E-state index contributed by atoms with van der Waals surface area (Å²) >= 11 is 0. The van der Waals surface area contributed by atoms with Crippen LogP contribution in [0.15, 0.2) is 48.5 Å². The van der Waals surface area contributed by atoms with E-state index in [1.165, 1.54) is 12.0 Å². The summed E-state index contributed by atoms with van der Waals surface area (Å²) in [5.41, 5.74) is 2.57. The summed E-state index contributed by atoms with van der Waals surface area (Å²) < 4.78 is 0. The molecule has 1 aliphatic rings. The predicted molar refractivity (Wildman–Crippen MR) is 87.6 cm³/mol. The third kappa shape index (κ3) is 3.42. The number of hydrogen-bond acceptors (Lipinski definition) is 3. The third-order valence-corrected chi connectivity index (χ3v) is 4.13. The van der Waals surface area contributed by atoms with E-state index in [1.54, 1.807) is 0 Å². The average Bonchev–Trinajstić information content (AvgIpc) is 3.04. The quantitative estimate of drug-likeness (QED) is 0.912. The molecule has 1 N–H and O–H groups in total. The molecule has 2 heterocycles. The molecule has 3 heteroatoms. The molecule has 2 aromatic rings. The topological polar surface area (TPSA) is 28.2 Å². The Morgan fingerprint density at radius 2 is 2.00 bits per heavy atom. The van der Waals surface area contributed by atoms with Crippen LogP contribution in [0, 0.1) is 0 Å². The average molecular weight is 281 g/mol. The van der Waals surface area contributed by atoms with Gasteiger partial charge < -0.3 is 10.2 Å². The molecule has 1 aromatic carbocycles. The molecule has 1 aliphatic heterocycles. The monoisotopic (exact) mass is 281 g/mol. The molecular formula is C18H23N3. The molecule has 1 unspecified atom stereocenters. The summed E-state index contributed by atoms with van der Waals surface area (Å²) in [6, 6.07) is 17.2. The number of anilines is 1. The van der Waals surface area contributed by atoms with Gasteiger partial charge >= 0.3 is 0 Å². The van der Waals surface area contributed by atoms with E-state index in [0.29, 0.717) is 5.92 Å². The normalized spacial score (nSPS) is 18.1. The Morgan fingerprint density at radius 3 is 2.81 bits per heavy atom. The highest BCUT2D eigenvalue weighted by molar-refractivity contribution is 5.42. The van der Waals surface area contributed by atoms with Crippen molar-refractivity contribution < 1.29 is 0 Å². The molecule has 3 rings (SSSR count). The zero-order chi connectivity index (χ0) is 14.5. The van der Waals surface area contributed by atoms with Crippen LogP contribution in [0.1, 0.15) is 30.5 Å². The maximum atomic E-state index is 4.78. The molecule has 0 bridgehead atoms. The van der Waals surface area contributed by atoms with Crippen LogP contribution in [0.4, 0.5) is 5.82 Å². The Hall–Kier alpha value is -1.87. The van der Waals surface area contributed by atoms with Crippen LogP contribution in [0.2, 0.25) is 0 Å². The standard InChI is InChI=1S/C18H23N3/c1-2-19-13-17-9-6-10-18(20-17)21-12-11-16(14-21)15-7-4-3-5-8-15/h3-10,16,19H,2,11-14H2,1H3. The fourth-order valence-corrected chi connectivity index (χ4v) is 2.96. The van der Waals surface area contributed by atoms with Gasteiger partial charge in [0.25, 0.3) is 0 Å². The highest BCUT2D eigenvalue weighted by Gasteiger charge is 2.24. The number of nitrogens with one attached hydrogen (secondary N) is 1. The van der Waals surface area contributed by atoms with Gasteiger partial charge in [-0.25, -0.2) is 4.98 Å². The largest absolute Gasteiger partial charge is 0.356 e. The van der Waals surface area contributed by atoms with Crippen LogP contribution in [0.5, 0.6) is 0 Å². The summed E-state index contributed by atoms with van der Waals surface area (Å²) in [4.78, 5) is 7.19. The van der Waals surface area contributed by atoms with Gasteiger partial charge in [0.2, 0.25) is 0 Å². The van der Waals surface area contributed by atoms with E-state index in [2.05, 4.69) is 65.7 Å². The summed E-state index contributed by atoms with van der Waals surface area (Å²) in [6.45, 7) is 6.11. The van der Waals surface area contributed by atoms with Crippen molar-refractivity contribution in [2.45, 2.75) is 25.8 Å². The summed E-state index contributed by atoms with van der Waals surface area (Å²) in [7, 11) is 0. The zero-order valence-corrected chi connectivity index (χ0v) is 12.6. The smallest absolute Gasteiger partial charge is 0.128 e. The van der Waals surface area contributed by atoms with Crippen molar-refractivity contribution in [1.82, 2.24) is 10.3 Å². The summed E-state index contributed by atoms with van der Waals surface area (Å²) in [5.74, 6) is 1.74. The first-order valence-corrected chi connectivity index (χ1v) is 7.83. The van der Waals surface area contributed by atoms with Crippen LogP contribution >= 0.6 is 0 Å². The lowest BCUT2D eigenvalue weighted by Crippen LogP contribution is -2.21. The van der Waals surface area contributed by atoms with Crippen molar-refractivity contribution in [3.8, 4) is 0 Å². The molecule has 110 valence electrons. The number of aromatic nitrogens is 1. The molecule has 0 saturated carbocycles. The van der Waals surface area contributed by atoms with Crippen molar-refractivity contribution in [3.05, 3.63) is 59.8 Å². The van der Waals surface area contributed by atoms with Gasteiger partial charge in [0.15, 0.2) is 0 Å². The Balaban J connectivity index is 1.68. The molecule has 1 fully saturated rings. The highest BCUT2D eigenvalue weighted by Crippen LogP contribution is 2.29. The Kier molecular flexibility index (Phi) is 4.51. The van der Waals surface area contributed by atoms with Crippen LogP contribution in [-0.2, 0) is 6.54 Å². The van der Waals surface area contributed by atoms with E-state index < -0.39 is 0 Å². The molecule has 21 heavy (non-hydrogen) atoms. The lowest BCUT2D eigenvalue weighted by molar-refractivity contribution is 0.708. The van der Waals surface area contributed by atoms with E-state index in [-0.39, 0.29) is 0 Å². The maximum absolute atomic E-state index is 4.78. The number of benzene rings is 1. The van der Waals surface area contributed by atoms with E-state index in [4.69, 9.17) is 4.98 Å². The van der Waals surface area contributed by atoms with Gasteiger partial charge in [0.05, 0.1) is 5.69 Å². The molecule has 1 atom stereocenters. The van der Waals surface area contributed by atoms with Crippen LogP contribution < -0.4 is 10.2 Å². The Morgan fingerprint density at radius 1 is 1.14 bits per heavy atom. The third-order valence-electron chi connectivity index (χ3n) is 4.13. The van der Waals surface area contributed by atoms with E-state index >= 15 is 0 Å². The molecular weight excluding hydrogens is 258 g/mol. The first-order chi connectivity index (χ1) is 10.4. The van der Waals surface area contributed by atoms with E-state index in [1.807, 2.05) is 0 Å². The molecule has 0 amide bonds. The zero-order valence-electron chi connectivity index (χ0n) is 12.6. The molecule has 0 spiro atoms. The summed E-state index contributed by atoms with van der Waals surface area (Å²) in [5, 5.41) is 3.34. The van der Waals surface area contributed by atoms with Crippen molar-refractivity contribution in [2.24, 2.45) is 0 Å². The van der Waals surface area contributed by atoms with E-state index in [0.717, 1.165) is 37.7 Å². The van der Waals surface area contributed by atoms with E-state index in [9.17, 15) is 0 Å². The molecule has 0 aliphatic carbocycles. The van der Waals surface area contributed by atoms with Gasteiger partial charge in [-0.2, -0.15) is 0 Å². The molecule has 1 aromatic heterocycles. The number of hydrogen-bond donors (Lipinski definition) is 1. The second-order valence-electron chi connectivity index (χ2n) is 5.61. The van der Waals surface area contributed by atoms with Gasteiger partial charge in [0, 0.05) is 25.6 Å². The first-order valence-electron chi connectivity index (χ1n) is 7.83. The van der Waals surface area contributed by atoms with Crippen LogP contribution in [0.25, 0.3) is 0 Å². The lowest BCUT2D eigenvalue weighted by atomic mass is 9.99. The molecule has 0 radical (unpaired) electrons. The summed E-state index contributed by atoms with van der Waals surface area (Å²) in [6.07, 6.45) is 1.21. The van der Waals surface area contributed by atoms with Crippen LogP contribution in [-0.4, -0.2) is 24.6 Å². The predicted octanol–water partition coefficient (Wildman–Crippen LogP) is 3.19. The second kappa shape index (κ2) is 6.72. The van der Waals surface area contributed by atoms with Crippen molar-refractivity contribution in [3.63, 3.8) is 0 Å². The first kappa shape index (κ1) is 14.1. The minimum absolute atomic E-state index is 0.630. The fraction of sp³-hybridized carbons (Fsp3) is 0.389. The van der Waals surface area contributed by atoms with Crippen molar-refractivity contribution in [2.75, 3.05) is 24.5 Å². The van der Waals surface area contributed by atoms with Gasteiger partial charge in [-0.1, -0.05) is 43.3 Å². The van der Waals surface area contributed by atoms with Crippen molar-refractivity contribution in [1.29, 1.82) is 0 Å². The van der Waals surface area contributed by atoms with Gasteiger partial charge in [-0.3, -0.25) is 0 Å². The fourth-order valence-electron chi connectivity index (χ4n) is 2.96. The molecule has 1 saturated heterocycles. The lowest BCUT2D eigenvalue weighted by Gasteiger charge is -2.18. The minimum atomic E-state index is 0.630. The number of pyridine rings is 1. The number of rotatable bonds is 5. The number of nitrogens with zero attached hydrogens (tertiary/aromatic N) is 2. The van der Waals surface area contributed by atoms with Crippen molar-refractivity contribution >= 4 is 5.82 Å². The Bertz CT molecular complexity index is 568. The molecule has 3 nitrogen and oxygen atoms in total. The van der Waals surface area contributed by atoms with Gasteiger partial charge in [-0.15, -0.1) is 0 Å². The maximum Gasteiger partial charge on any atom is 0.128 e. The van der Waals surface area contributed by atoms with Gasteiger partial charge in [-0.05, 0) is 30.7 Å². The van der Waals surface area contributed by atoms with Crippen LogP contribution in [0.3, 0.4) is 0 Å². The minimum Gasteiger partial charge on any atom is -0.356 e. The highest BCUT2D eigenvalue weighted by atomic mass is 15.2. The SMILES string of the molecule is CCNCc1cccc(N2CCC(c3ccccc3)C2)n1. The second-order valence-corrected chi connectivity index (χ2v) is 5.61.